The number of aryl methyl sites for hydroxylation is 1. The minimum absolute atomic E-state index is 0.279. The number of halogens is 1. The number of hydrogen-bond donors (Lipinski definition) is 2. The maximum atomic E-state index is 13.4. The van der Waals surface area contributed by atoms with Crippen LogP contribution >= 0.6 is 11.3 Å². The number of carbonyl (C=O) groups excluding carboxylic acids is 2. The van der Waals surface area contributed by atoms with Gasteiger partial charge in [0.1, 0.15) is 10.7 Å². The zero-order valence-corrected chi connectivity index (χ0v) is 20.3. The van der Waals surface area contributed by atoms with Crippen molar-refractivity contribution in [2.45, 2.75) is 39.0 Å². The van der Waals surface area contributed by atoms with Gasteiger partial charge in [-0.2, -0.15) is 5.10 Å². The van der Waals surface area contributed by atoms with Crippen LogP contribution in [-0.4, -0.2) is 52.9 Å². The summed E-state index contributed by atoms with van der Waals surface area (Å²) in [7, 11) is 0. The summed E-state index contributed by atoms with van der Waals surface area (Å²) in [4.78, 5) is 33.0. The van der Waals surface area contributed by atoms with Crippen molar-refractivity contribution in [3.63, 3.8) is 0 Å². The smallest absolute Gasteiger partial charge is 0.290 e. The number of benzene rings is 1. The van der Waals surface area contributed by atoms with E-state index in [4.69, 9.17) is 4.74 Å². The molecule has 1 fully saturated rings. The Kier molecular flexibility index (Phi) is 6.78. The third-order valence-electron chi connectivity index (χ3n) is 6.28. The molecule has 35 heavy (non-hydrogen) atoms. The molecule has 1 saturated heterocycles. The molecule has 2 aliphatic rings. The first-order valence-corrected chi connectivity index (χ1v) is 12.6. The van der Waals surface area contributed by atoms with Crippen LogP contribution in [0.5, 0.6) is 0 Å². The molecule has 5 rings (SSSR count). The number of thiazole rings is 1. The van der Waals surface area contributed by atoms with Gasteiger partial charge >= 0.3 is 0 Å². The standard InChI is InChI=1S/C24H27FN6O3S/c1-15-21(35-24(26-15)30-11-13-34-14-12-30)23(33)28-27-22(32)20-18-5-3-2-4-6-19(18)31(29-20)17-9-7-16(25)8-10-17/h7-10H,2-6,11-14H2,1H3,(H,27,32)(H,28,33). The van der Waals surface area contributed by atoms with Crippen LogP contribution in [0.25, 0.3) is 5.69 Å². The Labute approximate surface area is 206 Å². The molecule has 9 nitrogen and oxygen atoms in total. The van der Waals surface area contributed by atoms with Gasteiger partial charge in [0.15, 0.2) is 10.8 Å². The second kappa shape index (κ2) is 10.1. The number of amides is 2. The average Bonchev–Trinajstić information content (AvgIpc) is 3.35. The summed E-state index contributed by atoms with van der Waals surface area (Å²) >= 11 is 1.30. The Balaban J connectivity index is 1.33. The van der Waals surface area contributed by atoms with E-state index in [1.54, 1.807) is 23.7 Å². The molecular formula is C24H27FN6O3S. The van der Waals surface area contributed by atoms with E-state index < -0.39 is 11.8 Å². The molecule has 1 aliphatic heterocycles. The molecular weight excluding hydrogens is 471 g/mol. The largest absolute Gasteiger partial charge is 0.378 e. The Bertz CT molecular complexity index is 1230. The Hall–Kier alpha value is -3.31. The van der Waals surface area contributed by atoms with Gasteiger partial charge in [0.05, 0.1) is 24.6 Å². The first kappa shape index (κ1) is 23.4. The topological polar surface area (TPSA) is 101 Å². The molecule has 1 aliphatic carbocycles. The van der Waals surface area contributed by atoms with E-state index >= 15 is 0 Å². The van der Waals surface area contributed by atoms with E-state index in [1.807, 2.05) is 0 Å². The lowest BCUT2D eigenvalue weighted by Crippen LogP contribution is -2.42. The molecule has 3 heterocycles. The van der Waals surface area contributed by atoms with Gasteiger partial charge in [-0.3, -0.25) is 20.4 Å². The van der Waals surface area contributed by atoms with Crippen LogP contribution in [0.4, 0.5) is 9.52 Å². The monoisotopic (exact) mass is 498 g/mol. The molecule has 184 valence electrons. The van der Waals surface area contributed by atoms with Crippen LogP contribution in [0.15, 0.2) is 24.3 Å². The van der Waals surface area contributed by atoms with E-state index in [0.717, 1.165) is 61.6 Å². The van der Waals surface area contributed by atoms with Gasteiger partial charge in [0.2, 0.25) is 0 Å². The lowest BCUT2D eigenvalue weighted by atomic mass is 10.1. The van der Waals surface area contributed by atoms with Gasteiger partial charge in [0.25, 0.3) is 11.8 Å². The molecule has 0 atom stereocenters. The van der Waals surface area contributed by atoms with E-state index in [0.29, 0.717) is 29.5 Å². The van der Waals surface area contributed by atoms with Crippen molar-refractivity contribution in [1.82, 2.24) is 25.6 Å². The normalized spacial score (nSPS) is 15.9. The third kappa shape index (κ3) is 4.92. The molecule has 0 radical (unpaired) electrons. The number of anilines is 1. The van der Waals surface area contributed by atoms with Gasteiger partial charge in [-0.05, 0) is 56.9 Å². The molecule has 3 aromatic rings. The highest BCUT2D eigenvalue weighted by Gasteiger charge is 2.26. The first-order chi connectivity index (χ1) is 17.0. The zero-order chi connectivity index (χ0) is 24.4. The SMILES string of the molecule is Cc1nc(N2CCOCC2)sc1C(=O)NNC(=O)c1nn(-c2ccc(F)cc2)c2c1CCCCC2. The van der Waals surface area contributed by atoms with Crippen LogP contribution in [-0.2, 0) is 17.6 Å². The quantitative estimate of drug-likeness (QED) is 0.424. The first-order valence-electron chi connectivity index (χ1n) is 11.8. The Morgan fingerprint density at radius 2 is 1.74 bits per heavy atom. The number of rotatable bonds is 4. The summed E-state index contributed by atoms with van der Waals surface area (Å²) in [5.74, 6) is -1.23. The van der Waals surface area contributed by atoms with Crippen LogP contribution < -0.4 is 15.8 Å². The van der Waals surface area contributed by atoms with Crippen molar-refractivity contribution in [3.05, 3.63) is 57.6 Å². The molecule has 0 unspecified atom stereocenters. The minimum atomic E-state index is -0.479. The summed E-state index contributed by atoms with van der Waals surface area (Å²) in [6, 6.07) is 6.05. The van der Waals surface area contributed by atoms with Crippen molar-refractivity contribution in [1.29, 1.82) is 0 Å². The van der Waals surface area contributed by atoms with E-state index in [-0.39, 0.29) is 11.5 Å². The molecule has 0 saturated carbocycles. The van der Waals surface area contributed by atoms with Gasteiger partial charge < -0.3 is 9.64 Å². The fourth-order valence-electron chi connectivity index (χ4n) is 4.47. The van der Waals surface area contributed by atoms with Gasteiger partial charge in [-0.15, -0.1) is 0 Å². The Morgan fingerprint density at radius 1 is 1.03 bits per heavy atom. The number of ether oxygens (including phenoxy) is 1. The molecule has 1 aromatic carbocycles. The second-order valence-electron chi connectivity index (χ2n) is 8.64. The number of aromatic nitrogens is 3. The minimum Gasteiger partial charge on any atom is -0.378 e. The summed E-state index contributed by atoms with van der Waals surface area (Å²) in [5, 5.41) is 5.34. The highest BCUT2D eigenvalue weighted by molar-refractivity contribution is 7.17. The number of nitrogens with one attached hydrogen (secondary N) is 2. The van der Waals surface area contributed by atoms with Gasteiger partial charge in [-0.1, -0.05) is 17.8 Å². The molecule has 11 heteroatoms. The van der Waals surface area contributed by atoms with E-state index in [2.05, 4.69) is 25.8 Å². The fourth-order valence-corrected chi connectivity index (χ4v) is 5.48. The highest BCUT2D eigenvalue weighted by Crippen LogP contribution is 2.28. The summed E-state index contributed by atoms with van der Waals surface area (Å²) < 4.78 is 20.5. The number of hydrogen-bond acceptors (Lipinski definition) is 7. The second-order valence-corrected chi connectivity index (χ2v) is 9.62. The predicted octanol–water partition coefficient (Wildman–Crippen LogP) is 2.96. The molecule has 2 aromatic heterocycles. The number of fused-ring (bicyclic) bond motifs is 1. The highest BCUT2D eigenvalue weighted by atomic mass is 32.1. The third-order valence-corrected chi connectivity index (χ3v) is 7.50. The van der Waals surface area contributed by atoms with Crippen LogP contribution in [0, 0.1) is 12.7 Å². The van der Waals surface area contributed by atoms with Crippen molar-refractivity contribution >= 4 is 28.3 Å². The molecule has 2 N–H and O–H groups in total. The summed E-state index contributed by atoms with van der Waals surface area (Å²) in [6.45, 7) is 4.50. The number of morpholine rings is 1. The molecule has 2 amide bonds. The average molecular weight is 499 g/mol. The summed E-state index contributed by atoms with van der Waals surface area (Å²) in [6.07, 6.45) is 4.52. The van der Waals surface area contributed by atoms with Crippen molar-refractivity contribution < 1.29 is 18.7 Å². The lowest BCUT2D eigenvalue weighted by molar-refractivity contribution is 0.0844. The van der Waals surface area contributed by atoms with Crippen LogP contribution in [0.3, 0.4) is 0 Å². The predicted molar refractivity (Wildman–Crippen MR) is 130 cm³/mol. The van der Waals surface area contributed by atoms with Crippen molar-refractivity contribution in [3.8, 4) is 5.69 Å². The van der Waals surface area contributed by atoms with Gasteiger partial charge in [0, 0.05) is 24.3 Å². The maximum absolute atomic E-state index is 13.4. The van der Waals surface area contributed by atoms with E-state index in [9.17, 15) is 14.0 Å². The number of carbonyl (C=O) groups is 2. The van der Waals surface area contributed by atoms with Gasteiger partial charge in [-0.25, -0.2) is 14.1 Å². The number of nitrogens with zero attached hydrogens (tertiary/aromatic N) is 4. The Morgan fingerprint density at radius 3 is 2.51 bits per heavy atom. The van der Waals surface area contributed by atoms with Crippen molar-refractivity contribution in [2.75, 3.05) is 31.2 Å². The molecule has 0 bridgehead atoms. The zero-order valence-electron chi connectivity index (χ0n) is 19.5. The maximum Gasteiger partial charge on any atom is 0.290 e. The fraction of sp³-hybridized carbons (Fsp3) is 0.417. The number of hydrazine groups is 1. The van der Waals surface area contributed by atoms with Crippen molar-refractivity contribution in [2.24, 2.45) is 0 Å². The summed E-state index contributed by atoms with van der Waals surface area (Å²) in [5.41, 5.74) is 8.47. The lowest BCUT2D eigenvalue weighted by Gasteiger charge is -2.25. The van der Waals surface area contributed by atoms with Crippen LogP contribution in [0.1, 0.15) is 56.4 Å². The van der Waals surface area contributed by atoms with E-state index in [1.165, 1.54) is 23.5 Å². The molecule has 0 spiro atoms. The van der Waals surface area contributed by atoms with Crippen LogP contribution in [0.2, 0.25) is 0 Å².